The highest BCUT2D eigenvalue weighted by Crippen LogP contribution is 2.30. The van der Waals surface area contributed by atoms with Crippen molar-refractivity contribution in [3.63, 3.8) is 0 Å². The largest absolute Gasteiger partial charge is 0.192 e. The van der Waals surface area contributed by atoms with Crippen LogP contribution in [-0.4, -0.2) is 0 Å². The third kappa shape index (κ3) is 2.20. The van der Waals surface area contributed by atoms with E-state index in [9.17, 15) is 0 Å². The van der Waals surface area contributed by atoms with Crippen LogP contribution in [0.2, 0.25) is 0 Å². The maximum absolute atomic E-state index is 8.64. The molecule has 1 nitrogen and oxygen atoms in total. The lowest BCUT2D eigenvalue weighted by molar-refractivity contribution is 1.11. The SMILES string of the molecule is CC(SS)c1cccc(C#N)c1. The molecular formula is C9H9NS2. The molecule has 12 heavy (non-hydrogen) atoms. The molecule has 1 aromatic rings. The van der Waals surface area contributed by atoms with Crippen molar-refractivity contribution < 1.29 is 0 Å². The van der Waals surface area contributed by atoms with Gasteiger partial charge < -0.3 is 0 Å². The zero-order valence-corrected chi connectivity index (χ0v) is 8.40. The molecule has 0 bridgehead atoms. The summed E-state index contributed by atoms with van der Waals surface area (Å²) in [6, 6.07) is 9.72. The van der Waals surface area contributed by atoms with Crippen molar-refractivity contribution in [2.45, 2.75) is 12.2 Å². The van der Waals surface area contributed by atoms with Crippen LogP contribution >= 0.6 is 22.5 Å². The molecule has 0 aliphatic carbocycles. The van der Waals surface area contributed by atoms with Crippen molar-refractivity contribution in [3.8, 4) is 6.07 Å². The van der Waals surface area contributed by atoms with Crippen LogP contribution in [0.25, 0.3) is 0 Å². The Balaban J connectivity index is 2.95. The van der Waals surface area contributed by atoms with Gasteiger partial charge in [0.25, 0.3) is 0 Å². The summed E-state index contributed by atoms with van der Waals surface area (Å²) in [5, 5.41) is 8.98. The minimum Gasteiger partial charge on any atom is -0.192 e. The van der Waals surface area contributed by atoms with Gasteiger partial charge in [-0.25, -0.2) is 0 Å². The Kier molecular flexibility index (Phi) is 3.51. The molecule has 0 saturated heterocycles. The second-order valence-electron chi connectivity index (χ2n) is 2.48. The fraction of sp³-hybridized carbons (Fsp3) is 0.222. The topological polar surface area (TPSA) is 23.8 Å². The molecule has 1 unspecified atom stereocenters. The summed E-state index contributed by atoms with van der Waals surface area (Å²) < 4.78 is 0. The van der Waals surface area contributed by atoms with E-state index in [0.717, 1.165) is 5.56 Å². The van der Waals surface area contributed by atoms with Gasteiger partial charge >= 0.3 is 0 Å². The molecule has 0 aliphatic rings. The van der Waals surface area contributed by atoms with Crippen molar-refractivity contribution >= 4 is 22.5 Å². The Morgan fingerprint density at radius 3 is 2.92 bits per heavy atom. The first-order valence-corrected chi connectivity index (χ1v) is 5.51. The number of nitrogens with zero attached hydrogens (tertiary/aromatic N) is 1. The smallest absolute Gasteiger partial charge is 0.0991 e. The van der Waals surface area contributed by atoms with Crippen LogP contribution < -0.4 is 0 Å². The van der Waals surface area contributed by atoms with Crippen LogP contribution in [0.5, 0.6) is 0 Å². The van der Waals surface area contributed by atoms with E-state index >= 15 is 0 Å². The molecule has 0 aromatic heterocycles. The predicted octanol–water partition coefficient (Wildman–Crippen LogP) is 3.20. The Morgan fingerprint density at radius 2 is 2.33 bits per heavy atom. The lowest BCUT2D eigenvalue weighted by Crippen LogP contribution is -1.86. The minimum absolute atomic E-state index is 0.335. The maximum Gasteiger partial charge on any atom is 0.0991 e. The van der Waals surface area contributed by atoms with Crippen LogP contribution in [0.4, 0.5) is 0 Å². The van der Waals surface area contributed by atoms with Gasteiger partial charge in [0.15, 0.2) is 0 Å². The van der Waals surface area contributed by atoms with Crippen LogP contribution in [0.1, 0.15) is 23.3 Å². The van der Waals surface area contributed by atoms with Gasteiger partial charge in [-0.05, 0) is 24.6 Å². The molecule has 0 heterocycles. The van der Waals surface area contributed by atoms with Gasteiger partial charge in [0, 0.05) is 5.25 Å². The lowest BCUT2D eigenvalue weighted by Gasteiger charge is -2.06. The van der Waals surface area contributed by atoms with Crippen LogP contribution in [-0.2, 0) is 0 Å². The van der Waals surface area contributed by atoms with Crippen LogP contribution in [0.3, 0.4) is 0 Å². The summed E-state index contributed by atoms with van der Waals surface area (Å²) in [6.45, 7) is 2.06. The average molecular weight is 195 g/mol. The van der Waals surface area contributed by atoms with E-state index in [-0.39, 0.29) is 0 Å². The lowest BCUT2D eigenvalue weighted by atomic mass is 10.1. The summed E-state index contributed by atoms with van der Waals surface area (Å²) in [7, 11) is 1.48. The average Bonchev–Trinajstić information content (AvgIpc) is 2.17. The first-order chi connectivity index (χ1) is 5.77. The molecule has 1 aromatic carbocycles. The van der Waals surface area contributed by atoms with Gasteiger partial charge in [-0.3, -0.25) is 0 Å². The van der Waals surface area contributed by atoms with Gasteiger partial charge in [-0.2, -0.15) is 5.26 Å². The third-order valence-corrected chi connectivity index (χ3v) is 3.18. The molecule has 0 aliphatic heterocycles. The summed E-state index contributed by atoms with van der Waals surface area (Å²) in [5.41, 5.74) is 1.86. The monoisotopic (exact) mass is 195 g/mol. The molecule has 3 heteroatoms. The number of hydrogen-bond acceptors (Lipinski definition) is 3. The molecule has 0 fully saturated rings. The Hall–Kier alpha value is -0.590. The molecular weight excluding hydrogens is 186 g/mol. The Morgan fingerprint density at radius 1 is 1.58 bits per heavy atom. The molecule has 0 spiro atoms. The molecule has 1 atom stereocenters. The van der Waals surface area contributed by atoms with Gasteiger partial charge in [-0.1, -0.05) is 22.9 Å². The number of thiol groups is 1. The summed E-state index contributed by atoms with van der Waals surface area (Å²) >= 11 is 4.12. The molecule has 1 rings (SSSR count). The summed E-state index contributed by atoms with van der Waals surface area (Å²) in [6.07, 6.45) is 0. The highest BCUT2D eigenvalue weighted by atomic mass is 33.1. The second kappa shape index (κ2) is 4.44. The minimum atomic E-state index is 0.335. The third-order valence-electron chi connectivity index (χ3n) is 1.64. The van der Waals surface area contributed by atoms with Crippen molar-refractivity contribution in [1.82, 2.24) is 0 Å². The van der Waals surface area contributed by atoms with Crippen LogP contribution in [0, 0.1) is 11.3 Å². The van der Waals surface area contributed by atoms with Crippen molar-refractivity contribution in [3.05, 3.63) is 35.4 Å². The number of rotatable bonds is 2. The van der Waals surface area contributed by atoms with Crippen molar-refractivity contribution in [1.29, 1.82) is 5.26 Å². The summed E-state index contributed by atoms with van der Waals surface area (Å²) in [5.74, 6) is 0. The number of hydrogen-bond donors (Lipinski definition) is 1. The first kappa shape index (κ1) is 9.50. The molecule has 0 saturated carbocycles. The van der Waals surface area contributed by atoms with E-state index in [1.54, 1.807) is 6.07 Å². The highest BCUT2D eigenvalue weighted by Gasteiger charge is 2.03. The van der Waals surface area contributed by atoms with E-state index < -0.39 is 0 Å². The van der Waals surface area contributed by atoms with Gasteiger partial charge in [-0.15, -0.1) is 11.7 Å². The zero-order valence-electron chi connectivity index (χ0n) is 6.69. The normalized spacial score (nSPS) is 12.1. The maximum atomic E-state index is 8.64. The second-order valence-corrected chi connectivity index (χ2v) is 4.04. The van der Waals surface area contributed by atoms with Gasteiger partial charge in [0.1, 0.15) is 0 Å². The van der Waals surface area contributed by atoms with Crippen molar-refractivity contribution in [2.24, 2.45) is 0 Å². The molecule has 62 valence electrons. The first-order valence-electron chi connectivity index (χ1n) is 3.58. The van der Waals surface area contributed by atoms with E-state index in [1.807, 2.05) is 18.2 Å². The quantitative estimate of drug-likeness (QED) is 0.578. The van der Waals surface area contributed by atoms with Gasteiger partial charge in [0.05, 0.1) is 11.6 Å². The molecule has 0 radical (unpaired) electrons. The Labute approximate surface area is 81.6 Å². The van der Waals surface area contributed by atoms with Crippen LogP contribution in [0.15, 0.2) is 24.3 Å². The van der Waals surface area contributed by atoms with Gasteiger partial charge in [0.2, 0.25) is 0 Å². The fourth-order valence-corrected chi connectivity index (χ4v) is 1.56. The number of nitriles is 1. The molecule has 0 N–H and O–H groups in total. The summed E-state index contributed by atoms with van der Waals surface area (Å²) in [4.78, 5) is 0. The van der Waals surface area contributed by atoms with E-state index in [0.29, 0.717) is 10.8 Å². The predicted molar refractivity (Wildman–Crippen MR) is 56.1 cm³/mol. The molecule has 0 amide bonds. The standard InChI is InChI=1S/C9H9NS2/c1-7(12-11)9-4-2-3-8(5-9)6-10/h2-5,7,11H,1H3. The van der Waals surface area contributed by atoms with Crippen molar-refractivity contribution in [2.75, 3.05) is 0 Å². The van der Waals surface area contributed by atoms with E-state index in [4.69, 9.17) is 5.26 Å². The van der Waals surface area contributed by atoms with E-state index in [2.05, 4.69) is 24.7 Å². The number of benzene rings is 1. The Bertz CT molecular complexity index is 304. The fourth-order valence-electron chi connectivity index (χ4n) is 0.922. The zero-order chi connectivity index (χ0) is 8.97. The van der Waals surface area contributed by atoms with E-state index in [1.165, 1.54) is 10.8 Å². The highest BCUT2D eigenvalue weighted by molar-refractivity contribution is 8.68.